The molecule has 0 aliphatic carbocycles. The number of aryl methyl sites for hydroxylation is 2. The molecular weight excluding hydrogens is 380 g/mol. The van der Waals surface area contributed by atoms with Crippen molar-refractivity contribution < 1.29 is 14.0 Å². The van der Waals surface area contributed by atoms with E-state index in [4.69, 9.17) is 9.40 Å². The number of nitrogens with one attached hydrogen (secondary N) is 2. The number of aromatic nitrogens is 2. The van der Waals surface area contributed by atoms with Gasteiger partial charge in [-0.2, -0.15) is 0 Å². The number of amides is 2. The van der Waals surface area contributed by atoms with Crippen LogP contribution in [-0.4, -0.2) is 27.9 Å². The zero-order valence-corrected chi connectivity index (χ0v) is 16.6. The van der Waals surface area contributed by atoms with E-state index in [1.807, 2.05) is 24.3 Å². The second-order valence-corrected chi connectivity index (χ2v) is 7.21. The highest BCUT2D eigenvalue weighted by Crippen LogP contribution is 2.24. The van der Waals surface area contributed by atoms with Gasteiger partial charge in [-0.15, -0.1) is 0 Å². The lowest BCUT2D eigenvalue weighted by atomic mass is 10.1. The molecular formula is C23H24N4O3. The first-order chi connectivity index (χ1) is 14.7. The molecule has 3 aromatic rings. The molecule has 154 valence electrons. The maximum absolute atomic E-state index is 12.2. The molecule has 2 aromatic heterocycles. The van der Waals surface area contributed by atoms with E-state index >= 15 is 0 Å². The summed E-state index contributed by atoms with van der Waals surface area (Å²) in [6, 6.07) is 11.2. The van der Waals surface area contributed by atoms with Gasteiger partial charge in [0.25, 0.3) is 0 Å². The van der Waals surface area contributed by atoms with Crippen LogP contribution in [0.3, 0.4) is 0 Å². The fourth-order valence-electron chi connectivity index (χ4n) is 3.43. The summed E-state index contributed by atoms with van der Waals surface area (Å²) >= 11 is 0. The minimum absolute atomic E-state index is 0.161. The Balaban J connectivity index is 1.28. The molecule has 2 amide bonds. The third kappa shape index (κ3) is 5.05. The van der Waals surface area contributed by atoms with Crippen LogP contribution in [0.2, 0.25) is 0 Å². The summed E-state index contributed by atoms with van der Waals surface area (Å²) in [5.74, 6) is 1.29. The molecule has 7 nitrogen and oxygen atoms in total. The maximum atomic E-state index is 12.2. The van der Waals surface area contributed by atoms with Crippen molar-refractivity contribution in [2.24, 2.45) is 0 Å². The molecule has 3 heterocycles. The van der Waals surface area contributed by atoms with Crippen molar-refractivity contribution in [3.63, 3.8) is 0 Å². The number of hydrogen-bond acceptors (Lipinski definition) is 4. The maximum Gasteiger partial charge on any atom is 0.244 e. The molecule has 0 radical (unpaired) electrons. The van der Waals surface area contributed by atoms with Gasteiger partial charge in [0.1, 0.15) is 11.6 Å². The van der Waals surface area contributed by atoms with Gasteiger partial charge in [-0.05, 0) is 43.2 Å². The lowest BCUT2D eigenvalue weighted by molar-refractivity contribution is -0.117. The molecule has 0 saturated heterocycles. The van der Waals surface area contributed by atoms with Gasteiger partial charge in [0.2, 0.25) is 11.8 Å². The number of benzene rings is 1. The average Bonchev–Trinajstić information content (AvgIpc) is 3.42. The van der Waals surface area contributed by atoms with Gasteiger partial charge in [0.05, 0.1) is 12.0 Å². The minimum Gasteiger partial charge on any atom is -0.465 e. The number of carbonyl (C=O) groups is 2. The van der Waals surface area contributed by atoms with Gasteiger partial charge >= 0.3 is 0 Å². The quantitative estimate of drug-likeness (QED) is 0.589. The molecule has 4 rings (SSSR count). The predicted molar refractivity (Wildman–Crippen MR) is 115 cm³/mol. The van der Waals surface area contributed by atoms with Crippen LogP contribution in [0.5, 0.6) is 0 Å². The first-order valence-electron chi connectivity index (χ1n) is 10.1. The lowest BCUT2D eigenvalue weighted by Crippen LogP contribution is -2.26. The Morgan fingerprint density at radius 2 is 2.13 bits per heavy atom. The predicted octanol–water partition coefficient (Wildman–Crippen LogP) is 3.64. The highest BCUT2D eigenvalue weighted by Gasteiger charge is 2.13. The summed E-state index contributed by atoms with van der Waals surface area (Å²) in [6.45, 7) is 1.27. The molecule has 0 unspecified atom stereocenters. The van der Waals surface area contributed by atoms with Crippen LogP contribution >= 0.6 is 0 Å². The highest BCUT2D eigenvalue weighted by molar-refractivity contribution is 5.93. The van der Waals surface area contributed by atoms with Gasteiger partial charge in [-0.3, -0.25) is 9.59 Å². The number of anilines is 1. The number of imidazole rings is 1. The number of carbonyl (C=O) groups excluding carboxylic acids is 2. The Labute approximate surface area is 174 Å². The van der Waals surface area contributed by atoms with E-state index < -0.39 is 0 Å². The Morgan fingerprint density at radius 3 is 2.97 bits per heavy atom. The summed E-state index contributed by atoms with van der Waals surface area (Å²) in [4.78, 5) is 28.7. The van der Waals surface area contributed by atoms with Crippen LogP contribution in [-0.2, 0) is 22.6 Å². The van der Waals surface area contributed by atoms with E-state index in [1.54, 1.807) is 18.2 Å². The van der Waals surface area contributed by atoms with E-state index in [0.29, 0.717) is 11.4 Å². The number of furan rings is 1. The van der Waals surface area contributed by atoms with Gasteiger partial charge in [0.15, 0.2) is 0 Å². The van der Waals surface area contributed by atoms with Crippen LogP contribution in [0.15, 0.2) is 59.4 Å². The van der Waals surface area contributed by atoms with E-state index in [9.17, 15) is 9.59 Å². The number of nitrogens with zero attached hydrogens (tertiary/aromatic N) is 2. The largest absolute Gasteiger partial charge is 0.465 e. The molecule has 0 atom stereocenters. The van der Waals surface area contributed by atoms with Crippen molar-refractivity contribution in [2.75, 3.05) is 11.9 Å². The van der Waals surface area contributed by atoms with Crippen molar-refractivity contribution in [1.82, 2.24) is 14.9 Å². The van der Waals surface area contributed by atoms with Gasteiger partial charge in [-0.25, -0.2) is 4.98 Å². The zero-order chi connectivity index (χ0) is 20.8. The molecule has 0 bridgehead atoms. The fraction of sp³-hybridized carbons (Fsp3) is 0.261. The minimum atomic E-state index is -0.273. The van der Waals surface area contributed by atoms with E-state index in [-0.39, 0.29) is 24.8 Å². The van der Waals surface area contributed by atoms with Crippen LogP contribution in [0.4, 0.5) is 5.69 Å². The van der Waals surface area contributed by atoms with E-state index in [2.05, 4.69) is 21.4 Å². The molecule has 1 aromatic carbocycles. The summed E-state index contributed by atoms with van der Waals surface area (Å²) in [5.41, 5.74) is 2.62. The molecule has 0 saturated carbocycles. The summed E-state index contributed by atoms with van der Waals surface area (Å²) < 4.78 is 7.34. The van der Waals surface area contributed by atoms with Crippen molar-refractivity contribution in [1.29, 1.82) is 0 Å². The Morgan fingerprint density at radius 1 is 1.20 bits per heavy atom. The highest BCUT2D eigenvalue weighted by atomic mass is 16.3. The number of rotatable bonds is 7. The SMILES string of the molecule is O=C(/C=C/c1ccco1)NCCC(=O)Nc1cccc(-c2cn3c(n2)CCCC3)c1. The van der Waals surface area contributed by atoms with E-state index in [1.165, 1.54) is 25.2 Å². The molecule has 0 spiro atoms. The lowest BCUT2D eigenvalue weighted by Gasteiger charge is -2.11. The average molecular weight is 404 g/mol. The topological polar surface area (TPSA) is 89.2 Å². The Bertz CT molecular complexity index is 1030. The van der Waals surface area contributed by atoms with Crippen molar-refractivity contribution in [3.8, 4) is 11.3 Å². The third-order valence-corrected chi connectivity index (χ3v) is 4.94. The van der Waals surface area contributed by atoms with Gasteiger partial charge < -0.3 is 19.6 Å². The second kappa shape index (κ2) is 9.26. The first kappa shape index (κ1) is 19.7. The summed E-state index contributed by atoms with van der Waals surface area (Å²) in [5, 5.41) is 5.57. The van der Waals surface area contributed by atoms with E-state index in [0.717, 1.165) is 30.0 Å². The van der Waals surface area contributed by atoms with Crippen LogP contribution < -0.4 is 10.6 Å². The normalized spacial score (nSPS) is 13.2. The van der Waals surface area contributed by atoms with Crippen LogP contribution in [0, 0.1) is 0 Å². The molecule has 7 heteroatoms. The Kier molecular flexibility index (Phi) is 6.08. The van der Waals surface area contributed by atoms with Crippen LogP contribution in [0.1, 0.15) is 30.8 Å². The smallest absolute Gasteiger partial charge is 0.244 e. The van der Waals surface area contributed by atoms with Crippen LogP contribution in [0.25, 0.3) is 17.3 Å². The monoisotopic (exact) mass is 404 g/mol. The third-order valence-electron chi connectivity index (χ3n) is 4.94. The Hall–Kier alpha value is -3.61. The second-order valence-electron chi connectivity index (χ2n) is 7.21. The fourth-order valence-corrected chi connectivity index (χ4v) is 3.43. The summed E-state index contributed by atoms with van der Waals surface area (Å²) in [7, 11) is 0. The molecule has 30 heavy (non-hydrogen) atoms. The molecule has 0 fully saturated rings. The van der Waals surface area contributed by atoms with Crippen molar-refractivity contribution >= 4 is 23.6 Å². The standard InChI is InChI=1S/C23H24N4O3/c28-22(10-9-19-7-4-14-30-19)24-12-11-23(29)25-18-6-3-5-17(15-18)20-16-27-13-2-1-8-21(27)26-20/h3-7,9-10,14-16H,1-2,8,11-13H2,(H,24,28)(H,25,29)/b10-9+. The number of hydrogen-bond donors (Lipinski definition) is 2. The van der Waals surface area contributed by atoms with Crippen molar-refractivity contribution in [2.45, 2.75) is 32.2 Å². The van der Waals surface area contributed by atoms with Gasteiger partial charge in [0, 0.05) is 49.5 Å². The van der Waals surface area contributed by atoms with Gasteiger partial charge in [-0.1, -0.05) is 12.1 Å². The van der Waals surface area contributed by atoms with Crippen molar-refractivity contribution in [3.05, 3.63) is 66.5 Å². The summed E-state index contributed by atoms with van der Waals surface area (Å²) in [6.07, 6.45) is 10.1. The zero-order valence-electron chi connectivity index (χ0n) is 16.6. The molecule has 1 aliphatic heterocycles. The number of fused-ring (bicyclic) bond motifs is 1. The molecule has 2 N–H and O–H groups in total. The first-order valence-corrected chi connectivity index (χ1v) is 10.1. The molecule has 1 aliphatic rings.